The molecule has 45 heavy (non-hydrogen) atoms. The first-order valence-electron chi connectivity index (χ1n) is 14.2. The molecule has 14 heteroatoms. The molecular weight excluding hydrogens is 606 g/mol. The number of ether oxygens (including phenoxy) is 1. The highest BCUT2D eigenvalue weighted by molar-refractivity contribution is 7.20. The van der Waals surface area contributed by atoms with Crippen LogP contribution in [0.25, 0.3) is 10.2 Å². The maximum Gasteiger partial charge on any atom is 0.264 e. The molecule has 1 saturated carbocycles. The normalized spacial score (nSPS) is 15.5. The molecule has 0 bridgehead atoms. The lowest BCUT2D eigenvalue weighted by atomic mass is 10.0. The van der Waals surface area contributed by atoms with Crippen LogP contribution in [0.3, 0.4) is 0 Å². The summed E-state index contributed by atoms with van der Waals surface area (Å²) in [4.78, 5) is 63.7. The van der Waals surface area contributed by atoms with E-state index in [4.69, 9.17) is 4.74 Å². The Morgan fingerprint density at radius 1 is 0.889 bits per heavy atom. The maximum atomic E-state index is 15.2. The van der Waals surface area contributed by atoms with Crippen molar-refractivity contribution in [2.45, 2.75) is 26.7 Å². The number of aromatic nitrogens is 2. The maximum absolute atomic E-state index is 15.2. The third kappa shape index (κ3) is 5.92. The molecule has 2 fully saturated rings. The quantitative estimate of drug-likeness (QED) is 0.281. The Morgan fingerprint density at radius 2 is 1.51 bits per heavy atom. The van der Waals surface area contributed by atoms with E-state index in [1.54, 1.807) is 16.7 Å². The van der Waals surface area contributed by atoms with Crippen LogP contribution < -0.4 is 15.4 Å². The van der Waals surface area contributed by atoms with Gasteiger partial charge in [0.1, 0.15) is 22.4 Å². The molecule has 4 aromatic rings. The lowest BCUT2D eigenvalue weighted by molar-refractivity contribution is -0.131. The number of rotatable bonds is 7. The third-order valence-corrected chi connectivity index (χ3v) is 9.20. The van der Waals surface area contributed by atoms with Gasteiger partial charge in [0.2, 0.25) is 23.6 Å². The number of nitrogens with one attached hydrogen (secondary N) is 2. The molecule has 0 spiro atoms. The van der Waals surface area contributed by atoms with Crippen LogP contribution >= 0.6 is 11.3 Å². The Labute approximate surface area is 260 Å². The zero-order valence-corrected chi connectivity index (χ0v) is 25.2. The fraction of sp³-hybridized carbons (Fsp3) is 0.290. The van der Waals surface area contributed by atoms with Gasteiger partial charge in [-0.05, 0) is 61.7 Å². The molecule has 1 saturated heterocycles. The molecule has 3 heterocycles. The SMILES string of the molecule is CC(=O)N1CCN(C(=O)c2sc3ncnc(Oc4ccc(NC(=O)C5(C(=O)Nc6ccc(F)cc6)CC5)cc4F)c3c2C)CC1. The summed E-state index contributed by atoms with van der Waals surface area (Å²) in [6.45, 7) is 5.00. The molecule has 11 nitrogen and oxygen atoms in total. The van der Waals surface area contributed by atoms with E-state index in [2.05, 4.69) is 20.6 Å². The number of benzene rings is 2. The Bertz CT molecular complexity index is 1830. The Kier molecular flexibility index (Phi) is 7.91. The number of hydrogen-bond donors (Lipinski definition) is 2. The van der Waals surface area contributed by atoms with Gasteiger partial charge in [0.25, 0.3) is 5.91 Å². The number of aryl methyl sites for hydroxylation is 1. The molecule has 1 aliphatic carbocycles. The second kappa shape index (κ2) is 11.8. The Hall–Kier alpha value is -4.98. The number of piperazine rings is 1. The summed E-state index contributed by atoms with van der Waals surface area (Å²) < 4.78 is 34.3. The van der Waals surface area contributed by atoms with Crippen molar-refractivity contribution in [3.63, 3.8) is 0 Å². The molecule has 2 aromatic carbocycles. The fourth-order valence-corrected chi connectivity index (χ4v) is 6.28. The molecule has 4 amide bonds. The fourth-order valence-electron chi connectivity index (χ4n) is 5.17. The minimum Gasteiger partial charge on any atom is -0.435 e. The third-order valence-electron chi connectivity index (χ3n) is 8.02. The van der Waals surface area contributed by atoms with Gasteiger partial charge in [0.05, 0.1) is 10.3 Å². The largest absolute Gasteiger partial charge is 0.435 e. The van der Waals surface area contributed by atoms with E-state index < -0.39 is 28.9 Å². The Morgan fingerprint density at radius 3 is 2.13 bits per heavy atom. The average molecular weight is 635 g/mol. The van der Waals surface area contributed by atoms with Gasteiger partial charge in [-0.3, -0.25) is 19.2 Å². The number of anilines is 2. The smallest absolute Gasteiger partial charge is 0.264 e. The monoisotopic (exact) mass is 634 g/mol. The van der Waals surface area contributed by atoms with Crippen molar-refractivity contribution in [1.82, 2.24) is 19.8 Å². The Balaban J connectivity index is 1.15. The predicted octanol–water partition coefficient (Wildman–Crippen LogP) is 4.73. The molecule has 6 rings (SSSR count). The molecule has 0 radical (unpaired) electrons. The van der Waals surface area contributed by atoms with Crippen LogP contribution in [0.4, 0.5) is 20.2 Å². The van der Waals surface area contributed by atoms with E-state index in [1.165, 1.54) is 61.0 Å². The number of carbonyl (C=O) groups excluding carboxylic acids is 4. The molecule has 1 aliphatic heterocycles. The van der Waals surface area contributed by atoms with Gasteiger partial charge in [0.15, 0.2) is 11.6 Å². The number of carbonyl (C=O) groups is 4. The van der Waals surface area contributed by atoms with Crippen LogP contribution in [0.15, 0.2) is 48.8 Å². The van der Waals surface area contributed by atoms with Gasteiger partial charge in [-0.15, -0.1) is 11.3 Å². The summed E-state index contributed by atoms with van der Waals surface area (Å²) in [5, 5.41) is 5.71. The first-order valence-corrected chi connectivity index (χ1v) is 15.0. The van der Waals surface area contributed by atoms with Crippen molar-refractivity contribution < 1.29 is 32.7 Å². The van der Waals surface area contributed by atoms with Crippen LogP contribution in [0.1, 0.15) is 35.0 Å². The van der Waals surface area contributed by atoms with Crippen LogP contribution in [0.2, 0.25) is 0 Å². The lowest BCUT2D eigenvalue weighted by Gasteiger charge is -2.34. The van der Waals surface area contributed by atoms with Crippen molar-refractivity contribution >= 4 is 56.6 Å². The van der Waals surface area contributed by atoms with Gasteiger partial charge in [-0.2, -0.15) is 0 Å². The highest BCUT2D eigenvalue weighted by Gasteiger charge is 2.56. The van der Waals surface area contributed by atoms with Crippen molar-refractivity contribution in [3.8, 4) is 11.6 Å². The van der Waals surface area contributed by atoms with E-state index in [1.807, 2.05) is 0 Å². The molecule has 0 unspecified atom stereocenters. The molecule has 232 valence electrons. The summed E-state index contributed by atoms with van der Waals surface area (Å²) in [6, 6.07) is 9.05. The topological polar surface area (TPSA) is 134 Å². The van der Waals surface area contributed by atoms with Gasteiger partial charge < -0.3 is 25.2 Å². The van der Waals surface area contributed by atoms with Gasteiger partial charge in [-0.1, -0.05) is 0 Å². The number of amides is 4. The second-order valence-corrected chi connectivity index (χ2v) is 12.0. The highest BCUT2D eigenvalue weighted by atomic mass is 32.1. The number of fused-ring (bicyclic) bond motifs is 1. The van der Waals surface area contributed by atoms with E-state index in [0.29, 0.717) is 65.4 Å². The molecule has 2 aromatic heterocycles. The van der Waals surface area contributed by atoms with E-state index >= 15 is 4.39 Å². The van der Waals surface area contributed by atoms with Gasteiger partial charge in [-0.25, -0.2) is 18.7 Å². The van der Waals surface area contributed by atoms with Crippen molar-refractivity contribution in [2.75, 3.05) is 36.8 Å². The summed E-state index contributed by atoms with van der Waals surface area (Å²) in [6.07, 6.45) is 1.91. The van der Waals surface area contributed by atoms with Gasteiger partial charge in [0, 0.05) is 50.5 Å². The van der Waals surface area contributed by atoms with Crippen molar-refractivity contribution in [1.29, 1.82) is 0 Å². The number of thiophene rings is 1. The predicted molar refractivity (Wildman–Crippen MR) is 162 cm³/mol. The molecule has 0 atom stereocenters. The van der Waals surface area contributed by atoms with E-state index in [0.717, 1.165) is 6.07 Å². The lowest BCUT2D eigenvalue weighted by Crippen LogP contribution is -2.50. The minimum absolute atomic E-state index is 0.0300. The number of halogens is 2. The van der Waals surface area contributed by atoms with Crippen molar-refractivity contribution in [3.05, 3.63) is 70.9 Å². The zero-order valence-electron chi connectivity index (χ0n) is 24.4. The summed E-state index contributed by atoms with van der Waals surface area (Å²) in [5.41, 5.74) is -0.221. The summed E-state index contributed by atoms with van der Waals surface area (Å²) in [5.74, 6) is -2.65. The van der Waals surface area contributed by atoms with E-state index in [-0.39, 0.29) is 29.1 Å². The van der Waals surface area contributed by atoms with Gasteiger partial charge >= 0.3 is 0 Å². The molecule has 2 aliphatic rings. The number of hydrogen-bond acceptors (Lipinski definition) is 8. The molecule has 2 N–H and O–H groups in total. The summed E-state index contributed by atoms with van der Waals surface area (Å²) >= 11 is 1.19. The van der Waals surface area contributed by atoms with Crippen LogP contribution in [0.5, 0.6) is 11.6 Å². The minimum atomic E-state index is -1.31. The van der Waals surface area contributed by atoms with Crippen molar-refractivity contribution in [2.24, 2.45) is 5.41 Å². The highest BCUT2D eigenvalue weighted by Crippen LogP contribution is 2.47. The van der Waals surface area contributed by atoms with E-state index in [9.17, 15) is 23.6 Å². The van der Waals surface area contributed by atoms with Crippen LogP contribution in [-0.4, -0.2) is 69.6 Å². The standard InChI is InChI=1S/C31H28F2N6O5S/c1-17-24-26(34-16-35-27(24)45-25(17)28(41)39-13-11-38(12-14-39)18(2)40)44-23-8-7-21(15-22(23)33)37-30(43)31(9-10-31)29(42)36-20-5-3-19(32)4-6-20/h3-8,15-16H,9-14H2,1-2H3,(H,36,42)(H,37,43). The zero-order chi connectivity index (χ0) is 31.9. The number of nitrogens with zero attached hydrogens (tertiary/aromatic N) is 4. The summed E-state index contributed by atoms with van der Waals surface area (Å²) in [7, 11) is 0. The first kappa shape index (κ1) is 30.1. The second-order valence-electron chi connectivity index (χ2n) is 11.0. The van der Waals surface area contributed by atoms with Crippen LogP contribution in [-0.2, 0) is 14.4 Å². The molecular formula is C31H28F2N6O5S. The average Bonchev–Trinajstić information content (AvgIpc) is 3.78. The van der Waals surface area contributed by atoms with Crippen LogP contribution in [0, 0.1) is 24.0 Å². The first-order chi connectivity index (χ1) is 21.6.